The zero-order valence-electron chi connectivity index (χ0n) is 15.7. The number of anilines is 1. The summed E-state index contributed by atoms with van der Waals surface area (Å²) in [6.45, 7) is 1.84. The minimum Gasteiger partial charge on any atom is -0.481 e. The molecule has 0 saturated heterocycles. The molecule has 0 heterocycles. The molecule has 0 unspecified atom stereocenters. The Morgan fingerprint density at radius 1 is 0.931 bits per heavy atom. The van der Waals surface area contributed by atoms with Crippen LogP contribution in [0.15, 0.2) is 72.8 Å². The van der Waals surface area contributed by atoms with Gasteiger partial charge in [-0.2, -0.15) is 0 Å². The van der Waals surface area contributed by atoms with E-state index < -0.39 is 6.10 Å². The van der Waals surface area contributed by atoms with Crippen molar-refractivity contribution in [1.82, 2.24) is 0 Å². The van der Waals surface area contributed by atoms with Crippen LogP contribution in [0.2, 0.25) is 10.0 Å². The summed E-state index contributed by atoms with van der Waals surface area (Å²) in [6, 6.07) is 20.4. The first-order valence-electron chi connectivity index (χ1n) is 9.10. The number of ether oxygens (including phenoxy) is 1. The SMILES string of the molecule is CC[C@@H](Oc1cccc(Cl)c1)C(=O)Nc1ccc(Cl)cc1C(=O)c1ccccc1. The standard InChI is InChI=1S/C23H19Cl2NO3/c1-2-21(29-18-10-6-9-16(24)13-18)23(28)26-20-12-11-17(25)14-19(20)22(27)15-7-4-3-5-8-15/h3-14,21H,2H2,1H3,(H,26,28)/t21-/m1/s1. The van der Waals surface area contributed by atoms with Crippen molar-refractivity contribution in [3.8, 4) is 5.75 Å². The Hall–Kier alpha value is -2.82. The van der Waals surface area contributed by atoms with E-state index >= 15 is 0 Å². The molecule has 0 fully saturated rings. The highest BCUT2D eigenvalue weighted by Crippen LogP contribution is 2.25. The molecular formula is C23H19Cl2NO3. The van der Waals surface area contributed by atoms with Crippen LogP contribution in [0.4, 0.5) is 5.69 Å². The minimum absolute atomic E-state index is 0.229. The summed E-state index contributed by atoms with van der Waals surface area (Å²) in [7, 11) is 0. The van der Waals surface area contributed by atoms with E-state index in [2.05, 4.69) is 5.32 Å². The van der Waals surface area contributed by atoms with E-state index in [0.717, 1.165) is 0 Å². The maximum absolute atomic E-state index is 12.9. The third-order valence-electron chi connectivity index (χ3n) is 4.26. The van der Waals surface area contributed by atoms with Crippen LogP contribution < -0.4 is 10.1 Å². The number of carbonyl (C=O) groups is 2. The third-order valence-corrected chi connectivity index (χ3v) is 4.73. The largest absolute Gasteiger partial charge is 0.481 e. The van der Waals surface area contributed by atoms with Gasteiger partial charge in [-0.15, -0.1) is 0 Å². The van der Waals surface area contributed by atoms with Crippen LogP contribution in [-0.2, 0) is 4.79 Å². The van der Waals surface area contributed by atoms with Crippen molar-refractivity contribution in [2.24, 2.45) is 0 Å². The number of rotatable bonds is 7. The molecule has 148 valence electrons. The summed E-state index contributed by atoms with van der Waals surface area (Å²) >= 11 is 12.1. The first-order chi connectivity index (χ1) is 14.0. The lowest BCUT2D eigenvalue weighted by Gasteiger charge is -2.18. The molecule has 0 aliphatic heterocycles. The van der Waals surface area contributed by atoms with Gasteiger partial charge in [0, 0.05) is 21.2 Å². The molecule has 0 aliphatic carbocycles. The van der Waals surface area contributed by atoms with Gasteiger partial charge in [-0.3, -0.25) is 9.59 Å². The highest BCUT2D eigenvalue weighted by atomic mass is 35.5. The van der Waals surface area contributed by atoms with Gasteiger partial charge >= 0.3 is 0 Å². The topological polar surface area (TPSA) is 55.4 Å². The lowest BCUT2D eigenvalue weighted by atomic mass is 10.0. The smallest absolute Gasteiger partial charge is 0.265 e. The molecule has 0 bridgehead atoms. The maximum Gasteiger partial charge on any atom is 0.265 e. The van der Waals surface area contributed by atoms with Crippen LogP contribution >= 0.6 is 23.2 Å². The number of hydrogen-bond acceptors (Lipinski definition) is 3. The summed E-state index contributed by atoms with van der Waals surface area (Å²) in [4.78, 5) is 25.7. The number of hydrogen-bond donors (Lipinski definition) is 1. The van der Waals surface area contributed by atoms with Crippen LogP contribution in [0.25, 0.3) is 0 Å². The van der Waals surface area contributed by atoms with Crippen molar-refractivity contribution >= 4 is 40.6 Å². The fourth-order valence-corrected chi connectivity index (χ4v) is 3.15. The predicted octanol–water partition coefficient (Wildman–Crippen LogP) is 6.02. The zero-order valence-corrected chi connectivity index (χ0v) is 17.2. The van der Waals surface area contributed by atoms with E-state index in [0.29, 0.717) is 39.0 Å². The lowest BCUT2D eigenvalue weighted by Crippen LogP contribution is -2.33. The Bertz CT molecular complexity index is 1020. The quantitative estimate of drug-likeness (QED) is 0.468. The van der Waals surface area contributed by atoms with Crippen LogP contribution in [0, 0.1) is 0 Å². The molecule has 6 heteroatoms. The highest BCUT2D eigenvalue weighted by Gasteiger charge is 2.22. The van der Waals surface area contributed by atoms with Gasteiger partial charge in [0.25, 0.3) is 5.91 Å². The molecule has 3 aromatic carbocycles. The first-order valence-corrected chi connectivity index (χ1v) is 9.86. The van der Waals surface area contributed by atoms with Crippen molar-refractivity contribution in [1.29, 1.82) is 0 Å². The normalized spacial score (nSPS) is 11.6. The summed E-state index contributed by atoms with van der Waals surface area (Å²) in [6.07, 6.45) is -0.308. The Kier molecular flexibility index (Phi) is 6.91. The van der Waals surface area contributed by atoms with Crippen molar-refractivity contribution in [2.75, 3.05) is 5.32 Å². The Balaban J connectivity index is 1.83. The number of carbonyl (C=O) groups excluding carboxylic acids is 2. The second-order valence-electron chi connectivity index (χ2n) is 6.35. The monoisotopic (exact) mass is 427 g/mol. The van der Waals surface area contributed by atoms with Crippen molar-refractivity contribution < 1.29 is 14.3 Å². The zero-order chi connectivity index (χ0) is 20.8. The fourth-order valence-electron chi connectivity index (χ4n) is 2.80. The van der Waals surface area contributed by atoms with E-state index in [1.807, 2.05) is 13.0 Å². The number of halogens is 2. The van der Waals surface area contributed by atoms with Crippen LogP contribution in [0.5, 0.6) is 5.75 Å². The molecule has 1 amide bonds. The van der Waals surface area contributed by atoms with Gasteiger partial charge in [-0.1, -0.05) is 66.5 Å². The average molecular weight is 428 g/mol. The Morgan fingerprint density at radius 2 is 1.66 bits per heavy atom. The minimum atomic E-state index is -0.746. The molecule has 1 atom stereocenters. The van der Waals surface area contributed by atoms with Crippen molar-refractivity contribution in [2.45, 2.75) is 19.4 Å². The van der Waals surface area contributed by atoms with Gasteiger partial charge in [0.05, 0.1) is 5.69 Å². The highest BCUT2D eigenvalue weighted by molar-refractivity contribution is 6.31. The van der Waals surface area contributed by atoms with Gasteiger partial charge in [0.2, 0.25) is 0 Å². The Labute approximate surface area is 179 Å². The van der Waals surface area contributed by atoms with E-state index in [9.17, 15) is 9.59 Å². The molecular weight excluding hydrogens is 409 g/mol. The molecule has 3 aromatic rings. The van der Waals surface area contributed by atoms with Gasteiger partial charge < -0.3 is 10.1 Å². The summed E-state index contributed by atoms with van der Waals surface area (Å²) in [5.41, 5.74) is 1.20. The summed E-state index contributed by atoms with van der Waals surface area (Å²) in [5, 5.41) is 3.72. The van der Waals surface area contributed by atoms with Crippen molar-refractivity contribution in [3.63, 3.8) is 0 Å². The number of ketones is 1. The average Bonchev–Trinajstić information content (AvgIpc) is 2.73. The second-order valence-corrected chi connectivity index (χ2v) is 7.22. The van der Waals surface area contributed by atoms with E-state index in [1.54, 1.807) is 66.7 Å². The lowest BCUT2D eigenvalue weighted by molar-refractivity contribution is -0.122. The molecule has 29 heavy (non-hydrogen) atoms. The van der Waals surface area contributed by atoms with Crippen molar-refractivity contribution in [3.05, 3.63) is 94.0 Å². The van der Waals surface area contributed by atoms with Gasteiger partial charge in [0.1, 0.15) is 5.75 Å². The Morgan fingerprint density at radius 3 is 2.34 bits per heavy atom. The van der Waals surface area contributed by atoms with E-state index in [4.69, 9.17) is 27.9 Å². The molecule has 0 aromatic heterocycles. The summed E-state index contributed by atoms with van der Waals surface area (Å²) < 4.78 is 5.78. The molecule has 4 nitrogen and oxygen atoms in total. The second kappa shape index (κ2) is 9.59. The first kappa shape index (κ1) is 20.9. The third kappa shape index (κ3) is 5.37. The number of nitrogens with one attached hydrogen (secondary N) is 1. The molecule has 0 radical (unpaired) electrons. The van der Waals surface area contributed by atoms with Crippen LogP contribution in [0.3, 0.4) is 0 Å². The van der Waals surface area contributed by atoms with Gasteiger partial charge in [-0.25, -0.2) is 0 Å². The fraction of sp³-hybridized carbons (Fsp3) is 0.130. The maximum atomic E-state index is 12.9. The molecule has 1 N–H and O–H groups in total. The van der Waals surface area contributed by atoms with Gasteiger partial charge in [-0.05, 0) is 42.8 Å². The predicted molar refractivity (Wildman–Crippen MR) is 116 cm³/mol. The van der Waals surface area contributed by atoms with Crippen LogP contribution in [-0.4, -0.2) is 17.8 Å². The molecule has 3 rings (SSSR count). The molecule has 0 saturated carbocycles. The van der Waals surface area contributed by atoms with Crippen LogP contribution in [0.1, 0.15) is 29.3 Å². The number of benzene rings is 3. The summed E-state index contributed by atoms with van der Waals surface area (Å²) in [5.74, 6) is -0.0969. The van der Waals surface area contributed by atoms with E-state index in [1.165, 1.54) is 0 Å². The molecule has 0 aliphatic rings. The number of amides is 1. The molecule has 0 spiro atoms. The van der Waals surface area contributed by atoms with E-state index in [-0.39, 0.29) is 11.7 Å². The van der Waals surface area contributed by atoms with Gasteiger partial charge in [0.15, 0.2) is 11.9 Å².